The second kappa shape index (κ2) is 9.49. The van der Waals surface area contributed by atoms with Crippen molar-refractivity contribution in [3.05, 3.63) is 77.1 Å². The quantitative estimate of drug-likeness (QED) is 0.184. The molecule has 0 saturated carbocycles. The number of benzene rings is 3. The molecule has 1 amide bonds. The van der Waals surface area contributed by atoms with Gasteiger partial charge < -0.3 is 19.0 Å². The maximum Gasteiger partial charge on any atom is 0.534 e. The fraction of sp³-hybridized carbons (Fsp3) is 0.120. The predicted molar refractivity (Wildman–Crippen MR) is 128 cm³/mol. The van der Waals surface area contributed by atoms with E-state index in [-0.39, 0.29) is 28.0 Å². The number of aromatic carboxylic acids is 1. The lowest BCUT2D eigenvalue weighted by Crippen LogP contribution is -2.28. The van der Waals surface area contributed by atoms with E-state index < -0.39 is 44.6 Å². The number of carbonyl (C=O) groups is 2. The molecule has 38 heavy (non-hydrogen) atoms. The summed E-state index contributed by atoms with van der Waals surface area (Å²) in [4.78, 5) is 24.6. The van der Waals surface area contributed by atoms with Gasteiger partial charge in [0.2, 0.25) is 0 Å². The highest BCUT2D eigenvalue weighted by Crippen LogP contribution is 2.39. The van der Waals surface area contributed by atoms with E-state index in [9.17, 15) is 40.7 Å². The van der Waals surface area contributed by atoms with Crippen LogP contribution in [-0.4, -0.2) is 38.0 Å². The van der Waals surface area contributed by atoms with Gasteiger partial charge in [0.25, 0.3) is 5.91 Å². The van der Waals surface area contributed by atoms with Crippen molar-refractivity contribution in [2.75, 3.05) is 7.05 Å². The lowest BCUT2D eigenvalue weighted by atomic mass is 9.95. The van der Waals surface area contributed by atoms with Gasteiger partial charge in [0.05, 0.1) is 5.56 Å². The number of alkyl halides is 3. The second-order valence-corrected chi connectivity index (χ2v) is 9.59. The molecule has 4 rings (SSSR count). The van der Waals surface area contributed by atoms with E-state index in [0.717, 1.165) is 12.1 Å². The fourth-order valence-corrected chi connectivity index (χ4v) is 4.28. The van der Waals surface area contributed by atoms with Gasteiger partial charge in [-0.1, -0.05) is 6.07 Å². The molecule has 0 fully saturated rings. The highest BCUT2D eigenvalue weighted by molar-refractivity contribution is 7.88. The number of furan rings is 1. The number of rotatable bonds is 6. The summed E-state index contributed by atoms with van der Waals surface area (Å²) in [6.45, 7) is 1.41. The first-order valence-electron chi connectivity index (χ1n) is 10.7. The van der Waals surface area contributed by atoms with Crippen LogP contribution in [-0.2, 0) is 10.1 Å². The lowest BCUT2D eigenvalue weighted by molar-refractivity contribution is -0.0500. The summed E-state index contributed by atoms with van der Waals surface area (Å²) >= 11 is 0. The minimum atomic E-state index is -6.12. The average Bonchev–Trinajstić information content (AvgIpc) is 3.21. The van der Waals surface area contributed by atoms with Crippen LogP contribution in [0, 0.1) is 12.7 Å². The number of fused-ring (bicyclic) bond motifs is 1. The molecule has 13 heteroatoms. The third-order valence-electron chi connectivity index (χ3n) is 5.60. The molecule has 0 aliphatic carbocycles. The molecule has 0 aliphatic rings. The first-order chi connectivity index (χ1) is 17.7. The molecule has 198 valence electrons. The van der Waals surface area contributed by atoms with Gasteiger partial charge >= 0.3 is 21.6 Å². The summed E-state index contributed by atoms with van der Waals surface area (Å²) in [5, 5.41) is 12.4. The van der Waals surface area contributed by atoms with Crippen molar-refractivity contribution in [3.63, 3.8) is 0 Å². The van der Waals surface area contributed by atoms with Gasteiger partial charge in [-0.05, 0) is 72.1 Å². The van der Waals surface area contributed by atoms with Crippen LogP contribution in [0.1, 0.15) is 26.3 Å². The number of carboxylic acids is 1. The molecule has 0 saturated heterocycles. The highest BCUT2D eigenvalue weighted by Gasteiger charge is 2.49. The number of hydrogen-bond acceptors (Lipinski definition) is 6. The standard InChI is InChI=1S/C25H17F4NO7S/c1-12-9-20(37-38(34,35)25(27,28)29)18(24(32)33)11-16(12)14-5-8-19-17(10-14)21(23(31)30-2)22(36-19)13-3-6-15(26)7-4-13/h3-11H,1-2H3,(H,30,31)(H,32,33). The van der Waals surface area contributed by atoms with Crippen molar-refractivity contribution in [1.82, 2.24) is 5.32 Å². The number of amides is 1. The summed E-state index contributed by atoms with van der Waals surface area (Å²) in [6, 6.07) is 11.6. The summed E-state index contributed by atoms with van der Waals surface area (Å²) < 4.78 is 84.7. The average molecular weight is 551 g/mol. The second-order valence-electron chi connectivity index (χ2n) is 8.05. The number of carboxylic acid groups (broad SMARTS) is 1. The molecule has 8 nitrogen and oxygen atoms in total. The van der Waals surface area contributed by atoms with E-state index >= 15 is 0 Å². The smallest absolute Gasteiger partial charge is 0.478 e. The monoisotopic (exact) mass is 551 g/mol. The van der Waals surface area contributed by atoms with Gasteiger partial charge in [0.15, 0.2) is 5.75 Å². The van der Waals surface area contributed by atoms with E-state index in [4.69, 9.17) is 4.42 Å². The minimum absolute atomic E-state index is 0.114. The van der Waals surface area contributed by atoms with Crippen LogP contribution in [0.15, 0.2) is 59.0 Å². The van der Waals surface area contributed by atoms with Crippen LogP contribution >= 0.6 is 0 Å². The third kappa shape index (κ3) is 4.79. The van der Waals surface area contributed by atoms with Crippen molar-refractivity contribution >= 4 is 33.0 Å². The number of aryl methyl sites for hydroxylation is 1. The zero-order chi connectivity index (χ0) is 28.0. The van der Waals surface area contributed by atoms with Crippen LogP contribution in [0.5, 0.6) is 5.75 Å². The Balaban J connectivity index is 1.90. The van der Waals surface area contributed by atoms with Crippen molar-refractivity contribution in [3.8, 4) is 28.2 Å². The molecule has 0 atom stereocenters. The Morgan fingerprint density at radius 3 is 2.21 bits per heavy atom. The molecule has 0 spiro atoms. The Morgan fingerprint density at radius 2 is 1.63 bits per heavy atom. The first kappa shape index (κ1) is 26.7. The summed E-state index contributed by atoms with van der Waals surface area (Å²) in [5.74, 6) is -3.60. The summed E-state index contributed by atoms with van der Waals surface area (Å²) in [5.41, 5.74) is -5.04. The number of halogens is 4. The van der Waals surface area contributed by atoms with Crippen LogP contribution in [0.4, 0.5) is 17.6 Å². The van der Waals surface area contributed by atoms with Gasteiger partial charge in [-0.25, -0.2) is 9.18 Å². The Hall–Kier alpha value is -4.39. The summed E-state index contributed by atoms with van der Waals surface area (Å²) in [6.07, 6.45) is 0. The zero-order valence-corrected chi connectivity index (χ0v) is 20.3. The molecular weight excluding hydrogens is 534 g/mol. The largest absolute Gasteiger partial charge is 0.534 e. The van der Waals surface area contributed by atoms with Crippen LogP contribution < -0.4 is 9.50 Å². The van der Waals surface area contributed by atoms with Crippen molar-refractivity contribution in [2.24, 2.45) is 0 Å². The zero-order valence-electron chi connectivity index (χ0n) is 19.5. The topological polar surface area (TPSA) is 123 Å². The van der Waals surface area contributed by atoms with E-state index in [0.29, 0.717) is 16.5 Å². The van der Waals surface area contributed by atoms with Crippen molar-refractivity contribution in [2.45, 2.75) is 12.4 Å². The van der Waals surface area contributed by atoms with Gasteiger partial charge in [-0.3, -0.25) is 4.79 Å². The van der Waals surface area contributed by atoms with Crippen LogP contribution in [0.25, 0.3) is 33.4 Å². The molecule has 1 heterocycles. The lowest BCUT2D eigenvalue weighted by Gasteiger charge is -2.14. The molecule has 0 aliphatic heterocycles. The normalized spacial score (nSPS) is 11.9. The Morgan fingerprint density at radius 1 is 1.00 bits per heavy atom. The molecule has 0 unspecified atom stereocenters. The van der Waals surface area contributed by atoms with Crippen LogP contribution in [0.3, 0.4) is 0 Å². The Bertz CT molecular complexity index is 1690. The maximum absolute atomic E-state index is 13.4. The molecule has 4 aromatic rings. The maximum atomic E-state index is 13.4. The minimum Gasteiger partial charge on any atom is -0.478 e. The SMILES string of the molecule is CNC(=O)c1c(-c2ccc(F)cc2)oc2ccc(-c3cc(C(=O)O)c(OS(=O)(=O)C(F)(F)F)cc3C)cc12. The molecule has 2 N–H and O–H groups in total. The molecule has 1 aromatic heterocycles. The Labute approximate surface area is 212 Å². The predicted octanol–water partition coefficient (Wildman–Crippen LogP) is 5.50. The number of hydrogen-bond donors (Lipinski definition) is 2. The van der Waals surface area contributed by atoms with Crippen LogP contribution in [0.2, 0.25) is 0 Å². The van der Waals surface area contributed by atoms with Gasteiger partial charge in [-0.15, -0.1) is 0 Å². The molecular formula is C25H17F4NO7S. The van der Waals surface area contributed by atoms with E-state index in [1.165, 1.54) is 56.4 Å². The van der Waals surface area contributed by atoms with Gasteiger partial charge in [0, 0.05) is 18.0 Å². The van der Waals surface area contributed by atoms with Gasteiger partial charge in [-0.2, -0.15) is 21.6 Å². The highest BCUT2D eigenvalue weighted by atomic mass is 32.2. The molecule has 0 radical (unpaired) electrons. The first-order valence-corrected chi connectivity index (χ1v) is 12.1. The third-order valence-corrected chi connectivity index (χ3v) is 6.57. The van der Waals surface area contributed by atoms with Gasteiger partial charge in [0.1, 0.15) is 22.7 Å². The summed E-state index contributed by atoms with van der Waals surface area (Å²) in [7, 11) is -4.72. The number of carbonyl (C=O) groups excluding carboxylic acids is 1. The fourth-order valence-electron chi connectivity index (χ4n) is 3.81. The molecule has 3 aromatic carbocycles. The molecule has 0 bridgehead atoms. The van der Waals surface area contributed by atoms with E-state index in [2.05, 4.69) is 9.50 Å². The van der Waals surface area contributed by atoms with Crippen molar-refractivity contribution in [1.29, 1.82) is 0 Å². The number of nitrogens with one attached hydrogen (secondary N) is 1. The van der Waals surface area contributed by atoms with Crippen molar-refractivity contribution < 1.29 is 49.3 Å². The van der Waals surface area contributed by atoms with E-state index in [1.54, 1.807) is 0 Å². The Kier molecular flexibility index (Phi) is 6.66. The van der Waals surface area contributed by atoms with E-state index in [1.807, 2.05) is 0 Å².